The van der Waals surface area contributed by atoms with Crippen molar-refractivity contribution in [3.8, 4) is 0 Å². The van der Waals surface area contributed by atoms with E-state index in [0.717, 1.165) is 0 Å². The van der Waals surface area contributed by atoms with Gasteiger partial charge in [-0.1, -0.05) is 0 Å². The van der Waals surface area contributed by atoms with Crippen LogP contribution < -0.4 is 10.6 Å². The molecule has 2 unspecified atom stereocenters. The van der Waals surface area contributed by atoms with Crippen LogP contribution >= 0.6 is 11.8 Å². The number of urea groups is 2. The molecule has 0 aromatic rings. The fraction of sp³-hybridized carbons (Fsp3) is 0.727. The van der Waals surface area contributed by atoms with Gasteiger partial charge in [-0.25, -0.2) is 14.4 Å². The van der Waals surface area contributed by atoms with E-state index in [2.05, 4.69) is 10.6 Å². The molecule has 4 amide bonds. The van der Waals surface area contributed by atoms with Crippen LogP contribution in [0, 0.1) is 0 Å². The summed E-state index contributed by atoms with van der Waals surface area (Å²) >= 11 is 1.43. The summed E-state index contributed by atoms with van der Waals surface area (Å²) in [4.78, 5) is 37.0. The van der Waals surface area contributed by atoms with Gasteiger partial charge in [0.05, 0.1) is 5.37 Å². The number of hydrogen-bond donors (Lipinski definition) is 3. The number of carboxylic acid groups (broad SMARTS) is 1. The van der Waals surface area contributed by atoms with E-state index >= 15 is 0 Å². The fourth-order valence-electron chi connectivity index (χ4n) is 1.73. The molecule has 1 saturated heterocycles. The highest BCUT2D eigenvalue weighted by Gasteiger charge is 2.39. The SMILES string of the molecule is CC1SCC(C(=O)O)N1C(=O)NCCNC(=O)N(C)C. The maximum absolute atomic E-state index is 12.0. The van der Waals surface area contributed by atoms with E-state index in [9.17, 15) is 14.4 Å². The molecule has 0 aromatic heterocycles. The van der Waals surface area contributed by atoms with Crippen LogP contribution in [0.15, 0.2) is 0 Å². The molecular formula is C11H20N4O4S. The van der Waals surface area contributed by atoms with Crippen LogP contribution in [0.25, 0.3) is 0 Å². The van der Waals surface area contributed by atoms with Crippen LogP contribution in [0.4, 0.5) is 9.59 Å². The second kappa shape index (κ2) is 7.22. The Bertz CT molecular complexity index is 391. The smallest absolute Gasteiger partial charge is 0.327 e. The lowest BCUT2D eigenvalue weighted by molar-refractivity contribution is -0.141. The van der Waals surface area contributed by atoms with Crippen molar-refractivity contribution in [1.82, 2.24) is 20.4 Å². The first-order valence-electron chi connectivity index (χ1n) is 6.20. The van der Waals surface area contributed by atoms with Gasteiger partial charge in [0.25, 0.3) is 0 Å². The highest BCUT2D eigenvalue weighted by atomic mass is 32.2. The molecular weight excluding hydrogens is 284 g/mol. The Kier molecular flexibility index (Phi) is 5.93. The molecule has 0 aromatic carbocycles. The van der Waals surface area contributed by atoms with E-state index in [1.165, 1.54) is 21.6 Å². The van der Waals surface area contributed by atoms with Gasteiger partial charge in [-0.15, -0.1) is 11.8 Å². The van der Waals surface area contributed by atoms with Crippen molar-refractivity contribution in [2.24, 2.45) is 0 Å². The Balaban J connectivity index is 2.38. The quantitative estimate of drug-likeness (QED) is 0.625. The van der Waals surface area contributed by atoms with Crippen molar-refractivity contribution in [3.05, 3.63) is 0 Å². The Morgan fingerprint density at radius 3 is 2.45 bits per heavy atom. The summed E-state index contributed by atoms with van der Waals surface area (Å²) in [5.74, 6) is -0.612. The molecule has 9 heteroatoms. The van der Waals surface area contributed by atoms with Crippen LogP contribution in [-0.2, 0) is 4.79 Å². The van der Waals surface area contributed by atoms with Gasteiger partial charge in [0.1, 0.15) is 6.04 Å². The van der Waals surface area contributed by atoms with Crippen LogP contribution in [-0.4, -0.2) is 77.3 Å². The van der Waals surface area contributed by atoms with Gasteiger partial charge >= 0.3 is 18.0 Å². The number of thioether (sulfide) groups is 1. The molecule has 1 rings (SSSR count). The zero-order chi connectivity index (χ0) is 15.3. The fourth-order valence-corrected chi connectivity index (χ4v) is 2.90. The van der Waals surface area contributed by atoms with Gasteiger partial charge in [-0.3, -0.25) is 4.90 Å². The largest absolute Gasteiger partial charge is 0.480 e. The van der Waals surface area contributed by atoms with Crippen molar-refractivity contribution in [2.45, 2.75) is 18.3 Å². The predicted octanol–water partition coefficient (Wildman–Crippen LogP) is -0.185. The summed E-state index contributed by atoms with van der Waals surface area (Å²) in [7, 11) is 3.24. The highest BCUT2D eigenvalue weighted by Crippen LogP contribution is 2.28. The highest BCUT2D eigenvalue weighted by molar-refractivity contribution is 8.00. The number of carbonyl (C=O) groups excluding carboxylic acids is 2. The van der Waals surface area contributed by atoms with Gasteiger partial charge in [-0.2, -0.15) is 0 Å². The normalized spacial score (nSPS) is 21.4. The first-order chi connectivity index (χ1) is 9.34. The Morgan fingerprint density at radius 1 is 1.30 bits per heavy atom. The number of rotatable bonds is 4. The zero-order valence-corrected chi connectivity index (χ0v) is 12.6. The molecule has 0 saturated carbocycles. The maximum atomic E-state index is 12.0. The van der Waals surface area contributed by atoms with Crippen LogP contribution in [0.5, 0.6) is 0 Å². The Morgan fingerprint density at radius 2 is 1.90 bits per heavy atom. The van der Waals surface area contributed by atoms with Crippen molar-refractivity contribution in [1.29, 1.82) is 0 Å². The first-order valence-corrected chi connectivity index (χ1v) is 7.25. The third kappa shape index (κ3) is 4.19. The number of amides is 4. The number of carboxylic acids is 1. The second-order valence-electron chi connectivity index (χ2n) is 4.55. The van der Waals surface area contributed by atoms with Crippen LogP contribution in [0.1, 0.15) is 6.92 Å². The van der Waals surface area contributed by atoms with Gasteiger partial charge in [0.15, 0.2) is 0 Å². The van der Waals surface area contributed by atoms with Gasteiger partial charge in [0, 0.05) is 32.9 Å². The maximum Gasteiger partial charge on any atom is 0.327 e. The summed E-state index contributed by atoms with van der Waals surface area (Å²) < 4.78 is 0. The number of aliphatic carboxylic acids is 1. The van der Waals surface area contributed by atoms with Crippen molar-refractivity contribution >= 4 is 29.8 Å². The molecule has 1 fully saturated rings. The lowest BCUT2D eigenvalue weighted by Gasteiger charge is -2.25. The summed E-state index contributed by atoms with van der Waals surface area (Å²) in [6.07, 6.45) is 0. The third-order valence-corrected chi connectivity index (χ3v) is 4.04. The van der Waals surface area contributed by atoms with Crippen LogP contribution in [0.3, 0.4) is 0 Å². The Hall–Kier alpha value is -1.64. The average molecular weight is 304 g/mol. The summed E-state index contributed by atoms with van der Waals surface area (Å²) in [5, 5.41) is 14.1. The number of hydrogen-bond acceptors (Lipinski definition) is 4. The van der Waals surface area contributed by atoms with Gasteiger partial charge < -0.3 is 20.6 Å². The van der Waals surface area contributed by atoms with Crippen molar-refractivity contribution in [2.75, 3.05) is 32.9 Å². The molecule has 3 N–H and O–H groups in total. The van der Waals surface area contributed by atoms with Gasteiger partial charge in [0.2, 0.25) is 0 Å². The number of nitrogens with zero attached hydrogens (tertiary/aromatic N) is 2. The molecule has 1 heterocycles. The van der Waals surface area contributed by atoms with E-state index < -0.39 is 18.0 Å². The van der Waals surface area contributed by atoms with Gasteiger partial charge in [-0.05, 0) is 6.92 Å². The van der Waals surface area contributed by atoms with E-state index in [4.69, 9.17) is 5.11 Å². The first kappa shape index (κ1) is 16.4. The third-order valence-electron chi connectivity index (χ3n) is 2.83. The van der Waals surface area contributed by atoms with E-state index in [1.807, 2.05) is 0 Å². The molecule has 20 heavy (non-hydrogen) atoms. The summed E-state index contributed by atoms with van der Waals surface area (Å²) in [6.45, 7) is 2.33. The molecule has 1 aliphatic heterocycles. The van der Waals surface area contributed by atoms with E-state index in [-0.39, 0.29) is 24.5 Å². The minimum atomic E-state index is -1.00. The average Bonchev–Trinajstić information content (AvgIpc) is 2.76. The molecule has 0 radical (unpaired) electrons. The molecule has 8 nitrogen and oxygen atoms in total. The monoisotopic (exact) mass is 304 g/mol. The molecule has 114 valence electrons. The second-order valence-corrected chi connectivity index (χ2v) is 5.90. The minimum absolute atomic E-state index is 0.174. The number of carbonyl (C=O) groups is 3. The predicted molar refractivity (Wildman–Crippen MR) is 75.7 cm³/mol. The zero-order valence-electron chi connectivity index (χ0n) is 11.8. The standard InChI is InChI=1S/C11H20N4O4S/c1-7-15(8(6-20-7)9(16)17)11(19)13-5-4-12-10(18)14(2)3/h7-8H,4-6H2,1-3H3,(H,12,18)(H,13,19)(H,16,17). The summed E-state index contributed by atoms with van der Waals surface area (Å²) in [5.41, 5.74) is 0. The number of nitrogens with one attached hydrogen (secondary N) is 2. The van der Waals surface area contributed by atoms with Crippen LogP contribution in [0.2, 0.25) is 0 Å². The molecule has 0 spiro atoms. The molecule has 0 bridgehead atoms. The minimum Gasteiger partial charge on any atom is -0.480 e. The molecule has 1 aliphatic rings. The van der Waals surface area contributed by atoms with Crippen molar-refractivity contribution in [3.63, 3.8) is 0 Å². The lowest BCUT2D eigenvalue weighted by Crippen LogP contribution is -2.50. The van der Waals surface area contributed by atoms with E-state index in [1.54, 1.807) is 21.0 Å². The summed E-state index contributed by atoms with van der Waals surface area (Å²) in [6, 6.07) is -1.46. The van der Waals surface area contributed by atoms with E-state index in [0.29, 0.717) is 5.75 Å². The van der Waals surface area contributed by atoms with Crippen molar-refractivity contribution < 1.29 is 19.5 Å². The topological polar surface area (TPSA) is 102 Å². The molecule has 2 atom stereocenters. The Labute approximate surface area is 121 Å². The molecule has 0 aliphatic carbocycles. The lowest BCUT2D eigenvalue weighted by atomic mass is 10.3.